The molecule has 30 heavy (non-hydrogen) atoms. The van der Waals surface area contributed by atoms with E-state index in [4.69, 9.17) is 15.3 Å². The van der Waals surface area contributed by atoms with Gasteiger partial charge in [0.25, 0.3) is 0 Å². The van der Waals surface area contributed by atoms with Crippen LogP contribution >= 0.6 is 0 Å². The van der Waals surface area contributed by atoms with Crippen LogP contribution in [0.1, 0.15) is 0 Å². The fourth-order valence-corrected chi connectivity index (χ4v) is 6.09. The van der Waals surface area contributed by atoms with E-state index >= 15 is 0 Å². The molecule has 1 aliphatic heterocycles. The van der Waals surface area contributed by atoms with Crippen LogP contribution in [0.5, 0.6) is 5.75 Å². The van der Waals surface area contributed by atoms with Gasteiger partial charge in [-0.15, -0.1) is 0 Å². The van der Waals surface area contributed by atoms with E-state index in [1.165, 1.54) is 8.92 Å². The predicted octanol–water partition coefficient (Wildman–Crippen LogP) is -1.05. The summed E-state index contributed by atoms with van der Waals surface area (Å²) in [5, 5.41) is 43.9. The molecule has 1 aromatic heterocycles. The van der Waals surface area contributed by atoms with Gasteiger partial charge in [0.05, 0.1) is 0 Å². The third kappa shape index (κ3) is 4.32. The molecule has 2 aromatic carbocycles. The molecule has 0 aliphatic carbocycles. The molecule has 6 N–H and O–H groups in total. The van der Waals surface area contributed by atoms with Gasteiger partial charge < -0.3 is 0 Å². The van der Waals surface area contributed by atoms with E-state index in [-0.39, 0.29) is 33.9 Å². The predicted molar refractivity (Wildman–Crippen MR) is 120 cm³/mol. The van der Waals surface area contributed by atoms with E-state index in [9.17, 15) is 5.11 Å². The number of anilines is 1. The molecule has 1 aliphatic rings. The molecule has 0 amide bonds. The second kappa shape index (κ2) is 9.78. The zero-order chi connectivity index (χ0) is 20.9. The minimum atomic E-state index is 0.0966. The van der Waals surface area contributed by atoms with E-state index < -0.39 is 0 Å². The number of benzene rings is 2. The summed E-state index contributed by atoms with van der Waals surface area (Å²) in [7, 11) is 0. The van der Waals surface area contributed by atoms with Crippen LogP contribution < -0.4 is 24.9 Å². The van der Waals surface area contributed by atoms with Crippen LogP contribution in [0.3, 0.4) is 0 Å². The van der Waals surface area contributed by atoms with Crippen LogP contribution in [-0.4, -0.2) is 86.0 Å². The molecule has 0 radical (unpaired) electrons. The second-order valence-electron chi connectivity index (χ2n) is 7.06. The molecule has 8 nitrogen and oxygen atoms in total. The standard InChI is InChI=1S/C21H27N5O3Se/c27-11-8-22-5-6-24-16-2-3-17-19-20(25-26(17)10-7-23-9-12-28)15-13-14(29)1-4-18(15)30-21(16)19/h1-4,13,22-24,27-29H,5-12H2. The summed E-state index contributed by atoms with van der Waals surface area (Å²) in [5.74, 6) is 0.254. The van der Waals surface area contributed by atoms with Crippen molar-refractivity contribution in [1.29, 1.82) is 0 Å². The number of nitrogens with one attached hydrogen (secondary N) is 3. The van der Waals surface area contributed by atoms with Crippen molar-refractivity contribution in [2.75, 3.05) is 51.3 Å². The first-order valence-electron chi connectivity index (χ1n) is 10.1. The van der Waals surface area contributed by atoms with Crippen molar-refractivity contribution in [2.45, 2.75) is 6.54 Å². The summed E-state index contributed by atoms with van der Waals surface area (Å²) in [4.78, 5) is 0. The molecule has 160 valence electrons. The molecular formula is C21H27N5O3Se. The van der Waals surface area contributed by atoms with E-state index in [1.807, 2.05) is 16.8 Å². The quantitative estimate of drug-likeness (QED) is 0.121. The van der Waals surface area contributed by atoms with Crippen molar-refractivity contribution < 1.29 is 15.3 Å². The first-order chi connectivity index (χ1) is 14.7. The maximum atomic E-state index is 10.0. The molecule has 0 fully saturated rings. The van der Waals surface area contributed by atoms with Crippen molar-refractivity contribution in [3.05, 3.63) is 30.3 Å². The summed E-state index contributed by atoms with van der Waals surface area (Å²) in [5.41, 5.74) is 4.14. The molecule has 9 heteroatoms. The number of hydrogen-bond donors (Lipinski definition) is 6. The number of aromatic nitrogens is 2. The topological polar surface area (TPSA) is 115 Å². The van der Waals surface area contributed by atoms with Crippen molar-refractivity contribution in [2.24, 2.45) is 0 Å². The Hall–Kier alpha value is -2.13. The van der Waals surface area contributed by atoms with Gasteiger partial charge in [-0.1, -0.05) is 0 Å². The van der Waals surface area contributed by atoms with Gasteiger partial charge in [0, 0.05) is 0 Å². The Morgan fingerprint density at radius 3 is 2.53 bits per heavy atom. The number of nitrogens with zero attached hydrogens (tertiary/aromatic N) is 2. The van der Waals surface area contributed by atoms with Crippen molar-refractivity contribution >= 4 is 40.5 Å². The monoisotopic (exact) mass is 477 g/mol. The minimum absolute atomic E-state index is 0.0966. The van der Waals surface area contributed by atoms with Crippen LogP contribution in [0, 0.1) is 0 Å². The molecule has 2 heterocycles. The third-order valence-corrected chi connectivity index (χ3v) is 7.52. The van der Waals surface area contributed by atoms with Gasteiger partial charge in [-0.2, -0.15) is 0 Å². The number of aliphatic hydroxyl groups excluding tert-OH is 2. The number of phenols is 1. The summed E-state index contributed by atoms with van der Waals surface area (Å²) in [6, 6.07) is 9.79. The number of hydrogen-bond acceptors (Lipinski definition) is 7. The Bertz CT molecular complexity index is 1020. The number of phenolic OH excluding ortho intramolecular Hbond substituents is 1. The zero-order valence-electron chi connectivity index (χ0n) is 16.7. The van der Waals surface area contributed by atoms with Gasteiger partial charge in [0.2, 0.25) is 0 Å². The van der Waals surface area contributed by atoms with Crippen molar-refractivity contribution in [3.63, 3.8) is 0 Å². The van der Waals surface area contributed by atoms with E-state index in [1.54, 1.807) is 6.07 Å². The Kier molecular flexibility index (Phi) is 6.89. The summed E-state index contributed by atoms with van der Waals surface area (Å²) in [6.07, 6.45) is 0. The SMILES string of the molecule is OCCNCCNc1ccc2c3c(nn2CCNCCO)-c2cc(O)ccc2[Se]c13. The van der Waals surface area contributed by atoms with E-state index in [0.29, 0.717) is 19.6 Å². The van der Waals surface area contributed by atoms with Crippen LogP contribution in [0.25, 0.3) is 22.2 Å². The maximum absolute atomic E-state index is 10.0. The molecule has 0 bridgehead atoms. The first-order valence-corrected chi connectivity index (χ1v) is 11.9. The summed E-state index contributed by atoms with van der Waals surface area (Å²) in [6.45, 7) is 4.39. The average Bonchev–Trinajstić information content (AvgIpc) is 3.12. The molecule has 0 atom stereocenters. The fraction of sp³-hybridized carbons (Fsp3) is 0.381. The molecule has 4 rings (SSSR count). The van der Waals surface area contributed by atoms with Gasteiger partial charge in [0.1, 0.15) is 0 Å². The van der Waals surface area contributed by atoms with Crippen molar-refractivity contribution in [3.8, 4) is 17.0 Å². The second-order valence-corrected chi connectivity index (χ2v) is 9.27. The molecule has 3 aromatic rings. The average molecular weight is 476 g/mol. The fourth-order valence-electron chi connectivity index (χ4n) is 3.63. The Balaban J connectivity index is 1.68. The Labute approximate surface area is 181 Å². The normalized spacial score (nSPS) is 12.3. The third-order valence-electron chi connectivity index (χ3n) is 5.00. The van der Waals surface area contributed by atoms with Crippen molar-refractivity contribution in [1.82, 2.24) is 20.4 Å². The molecule has 0 unspecified atom stereocenters. The van der Waals surface area contributed by atoms with Gasteiger partial charge in [-0.25, -0.2) is 0 Å². The number of aliphatic hydroxyl groups is 2. The van der Waals surface area contributed by atoms with Gasteiger partial charge in [-0.3, -0.25) is 0 Å². The Morgan fingerprint density at radius 2 is 1.73 bits per heavy atom. The summed E-state index contributed by atoms with van der Waals surface area (Å²) >= 11 is 0.0966. The molecule has 0 saturated carbocycles. The van der Waals surface area contributed by atoms with Crippen LogP contribution in [0.4, 0.5) is 5.69 Å². The van der Waals surface area contributed by atoms with Crippen LogP contribution in [0.2, 0.25) is 0 Å². The van der Waals surface area contributed by atoms with E-state index in [2.05, 4.69) is 28.1 Å². The van der Waals surface area contributed by atoms with Gasteiger partial charge in [-0.05, 0) is 0 Å². The first kappa shape index (κ1) is 21.1. The van der Waals surface area contributed by atoms with Gasteiger partial charge in [0.15, 0.2) is 0 Å². The molecule has 0 saturated heterocycles. The molecule has 0 spiro atoms. The number of fused-ring (bicyclic) bond motifs is 2. The molecular weight excluding hydrogens is 449 g/mol. The number of rotatable bonds is 11. The van der Waals surface area contributed by atoms with Crippen LogP contribution in [-0.2, 0) is 6.54 Å². The summed E-state index contributed by atoms with van der Waals surface area (Å²) < 4.78 is 4.51. The Morgan fingerprint density at radius 1 is 0.933 bits per heavy atom. The number of aromatic hydroxyl groups is 1. The van der Waals surface area contributed by atoms with E-state index in [0.717, 1.165) is 47.5 Å². The zero-order valence-corrected chi connectivity index (χ0v) is 18.4. The van der Waals surface area contributed by atoms with Gasteiger partial charge >= 0.3 is 181 Å². The van der Waals surface area contributed by atoms with Crippen LogP contribution in [0.15, 0.2) is 30.3 Å².